The Morgan fingerprint density at radius 2 is 1.85 bits per heavy atom. The minimum Gasteiger partial charge on any atom is -0.454 e. The molecule has 0 radical (unpaired) electrons. The molecule has 4 heteroatoms. The van der Waals surface area contributed by atoms with Gasteiger partial charge < -0.3 is 10.1 Å². The fraction of sp³-hybridized carbons (Fsp3) is 0.250. The van der Waals surface area contributed by atoms with Crippen molar-refractivity contribution in [2.75, 3.05) is 0 Å². The summed E-state index contributed by atoms with van der Waals surface area (Å²) in [6.07, 6.45) is 0. The molecule has 2 rings (SSSR count). The molecule has 20 heavy (non-hydrogen) atoms. The van der Waals surface area contributed by atoms with Gasteiger partial charge in [-0.15, -0.1) is 0 Å². The Balaban J connectivity index is 2.03. The summed E-state index contributed by atoms with van der Waals surface area (Å²) < 4.78 is 19.9. The van der Waals surface area contributed by atoms with Crippen molar-refractivity contribution in [2.24, 2.45) is 0 Å². The Bertz CT molecular complexity index is 569. The first-order valence-electron chi connectivity index (χ1n) is 6.50. The second-order valence-corrected chi connectivity index (χ2v) is 5.77. The molecule has 0 saturated carbocycles. The van der Waals surface area contributed by atoms with Crippen molar-refractivity contribution >= 4 is 15.9 Å². The fourth-order valence-electron chi connectivity index (χ4n) is 1.68. The van der Waals surface area contributed by atoms with Crippen molar-refractivity contribution in [1.82, 2.24) is 5.32 Å². The van der Waals surface area contributed by atoms with Gasteiger partial charge in [-0.25, -0.2) is 4.39 Å². The summed E-state index contributed by atoms with van der Waals surface area (Å²) in [7, 11) is 0. The van der Waals surface area contributed by atoms with Gasteiger partial charge in [0.15, 0.2) is 11.6 Å². The highest BCUT2D eigenvalue weighted by Gasteiger charge is 2.05. The lowest BCUT2D eigenvalue weighted by Gasteiger charge is -2.10. The van der Waals surface area contributed by atoms with Gasteiger partial charge in [0, 0.05) is 17.1 Å². The number of halogens is 2. The minimum atomic E-state index is -0.384. The molecular weight excluding hydrogens is 321 g/mol. The Hall–Kier alpha value is -1.39. The number of hydrogen-bond donors (Lipinski definition) is 1. The minimum absolute atomic E-state index is 0.223. The maximum Gasteiger partial charge on any atom is 0.166 e. The van der Waals surface area contributed by atoms with Crippen LogP contribution in [0, 0.1) is 5.82 Å². The normalized spacial score (nSPS) is 10.8. The summed E-state index contributed by atoms with van der Waals surface area (Å²) in [4.78, 5) is 0. The van der Waals surface area contributed by atoms with Crippen LogP contribution >= 0.6 is 15.9 Å². The number of benzene rings is 2. The Morgan fingerprint density at radius 1 is 1.15 bits per heavy atom. The highest BCUT2D eigenvalue weighted by Crippen LogP contribution is 2.26. The van der Waals surface area contributed by atoms with E-state index in [9.17, 15) is 4.39 Å². The van der Waals surface area contributed by atoms with Gasteiger partial charge in [0.2, 0.25) is 0 Å². The Labute approximate surface area is 127 Å². The molecule has 0 saturated heterocycles. The van der Waals surface area contributed by atoms with E-state index in [1.807, 2.05) is 24.3 Å². The third-order valence-electron chi connectivity index (χ3n) is 2.76. The molecule has 0 aromatic heterocycles. The summed E-state index contributed by atoms with van der Waals surface area (Å²) in [5.41, 5.74) is 1.17. The first-order valence-corrected chi connectivity index (χ1v) is 7.29. The number of ether oxygens (including phenoxy) is 1. The quantitative estimate of drug-likeness (QED) is 0.839. The van der Waals surface area contributed by atoms with Crippen LogP contribution in [0.3, 0.4) is 0 Å². The van der Waals surface area contributed by atoms with E-state index in [1.54, 1.807) is 12.1 Å². The standard InChI is InChI=1S/C16H17BrFNO/c1-11(2)19-10-12-3-6-14(7-4-12)20-16-8-5-13(17)9-15(16)18/h3-9,11,19H,10H2,1-2H3. The van der Waals surface area contributed by atoms with Crippen molar-refractivity contribution in [3.63, 3.8) is 0 Å². The molecule has 0 atom stereocenters. The van der Waals surface area contributed by atoms with Gasteiger partial charge in [-0.05, 0) is 35.9 Å². The summed E-state index contributed by atoms with van der Waals surface area (Å²) >= 11 is 3.22. The van der Waals surface area contributed by atoms with Gasteiger partial charge >= 0.3 is 0 Å². The lowest BCUT2D eigenvalue weighted by atomic mass is 10.2. The van der Waals surface area contributed by atoms with Crippen LogP contribution in [0.25, 0.3) is 0 Å². The molecular formula is C16H17BrFNO. The third kappa shape index (κ3) is 4.32. The van der Waals surface area contributed by atoms with Gasteiger partial charge in [-0.3, -0.25) is 0 Å². The molecule has 0 heterocycles. The van der Waals surface area contributed by atoms with E-state index >= 15 is 0 Å². The second-order valence-electron chi connectivity index (χ2n) is 4.86. The van der Waals surface area contributed by atoms with Gasteiger partial charge in [-0.1, -0.05) is 41.9 Å². The molecule has 0 fully saturated rings. The van der Waals surface area contributed by atoms with E-state index in [-0.39, 0.29) is 11.6 Å². The van der Waals surface area contributed by atoms with Crippen molar-refractivity contribution < 1.29 is 9.13 Å². The predicted octanol–water partition coefficient (Wildman–Crippen LogP) is 4.88. The van der Waals surface area contributed by atoms with Crippen LogP contribution in [0.2, 0.25) is 0 Å². The highest BCUT2D eigenvalue weighted by molar-refractivity contribution is 9.10. The van der Waals surface area contributed by atoms with Gasteiger partial charge in [0.05, 0.1) is 0 Å². The molecule has 106 valence electrons. The number of hydrogen-bond acceptors (Lipinski definition) is 2. The summed E-state index contributed by atoms with van der Waals surface area (Å²) in [5.74, 6) is 0.464. The van der Waals surface area contributed by atoms with E-state index in [4.69, 9.17) is 4.74 Å². The van der Waals surface area contributed by atoms with E-state index in [0.29, 0.717) is 16.3 Å². The zero-order valence-electron chi connectivity index (χ0n) is 11.5. The summed E-state index contributed by atoms with van der Waals surface area (Å²) in [6, 6.07) is 12.8. The Morgan fingerprint density at radius 3 is 2.45 bits per heavy atom. The second kappa shape index (κ2) is 6.86. The van der Waals surface area contributed by atoms with Gasteiger partial charge in [-0.2, -0.15) is 0 Å². The van der Waals surface area contributed by atoms with Crippen LogP contribution in [0.15, 0.2) is 46.9 Å². The lowest BCUT2D eigenvalue weighted by molar-refractivity contribution is 0.441. The molecule has 0 spiro atoms. The zero-order valence-corrected chi connectivity index (χ0v) is 13.1. The van der Waals surface area contributed by atoms with Crippen molar-refractivity contribution in [3.8, 4) is 11.5 Å². The number of rotatable bonds is 5. The molecule has 0 aliphatic carbocycles. The van der Waals surface area contributed by atoms with Crippen LogP contribution in [0.1, 0.15) is 19.4 Å². The maximum atomic E-state index is 13.7. The molecule has 0 aliphatic heterocycles. The van der Waals surface area contributed by atoms with Crippen molar-refractivity contribution in [2.45, 2.75) is 26.4 Å². The SMILES string of the molecule is CC(C)NCc1ccc(Oc2ccc(Br)cc2F)cc1. The van der Waals surface area contributed by atoms with E-state index < -0.39 is 0 Å². The molecule has 0 aliphatic rings. The fourth-order valence-corrected chi connectivity index (χ4v) is 2.02. The van der Waals surface area contributed by atoms with E-state index in [1.165, 1.54) is 11.6 Å². The third-order valence-corrected chi connectivity index (χ3v) is 3.25. The molecule has 2 nitrogen and oxygen atoms in total. The summed E-state index contributed by atoms with van der Waals surface area (Å²) in [6.45, 7) is 5.02. The first-order chi connectivity index (χ1) is 9.54. The van der Waals surface area contributed by atoms with Crippen LogP contribution in [0.4, 0.5) is 4.39 Å². The number of nitrogens with one attached hydrogen (secondary N) is 1. The Kier molecular flexibility index (Phi) is 5.15. The highest BCUT2D eigenvalue weighted by atomic mass is 79.9. The monoisotopic (exact) mass is 337 g/mol. The molecule has 0 unspecified atom stereocenters. The molecule has 2 aromatic rings. The molecule has 0 bridgehead atoms. The average Bonchev–Trinajstić information content (AvgIpc) is 2.41. The molecule has 2 aromatic carbocycles. The van der Waals surface area contributed by atoms with Crippen LogP contribution < -0.4 is 10.1 Å². The maximum absolute atomic E-state index is 13.7. The average molecular weight is 338 g/mol. The lowest BCUT2D eigenvalue weighted by Crippen LogP contribution is -2.21. The van der Waals surface area contributed by atoms with Gasteiger partial charge in [0.1, 0.15) is 5.75 Å². The zero-order chi connectivity index (χ0) is 14.5. The summed E-state index contributed by atoms with van der Waals surface area (Å²) in [5, 5.41) is 3.34. The topological polar surface area (TPSA) is 21.3 Å². The predicted molar refractivity (Wildman–Crippen MR) is 82.6 cm³/mol. The van der Waals surface area contributed by atoms with Crippen LogP contribution in [0.5, 0.6) is 11.5 Å². The van der Waals surface area contributed by atoms with E-state index in [0.717, 1.165) is 6.54 Å². The van der Waals surface area contributed by atoms with Crippen LogP contribution in [-0.2, 0) is 6.54 Å². The first kappa shape index (κ1) is 15.0. The van der Waals surface area contributed by atoms with Crippen molar-refractivity contribution in [1.29, 1.82) is 0 Å². The van der Waals surface area contributed by atoms with Crippen LogP contribution in [-0.4, -0.2) is 6.04 Å². The molecule has 1 N–H and O–H groups in total. The molecule has 0 amide bonds. The van der Waals surface area contributed by atoms with Crippen molar-refractivity contribution in [3.05, 3.63) is 58.3 Å². The van der Waals surface area contributed by atoms with Gasteiger partial charge in [0.25, 0.3) is 0 Å². The smallest absolute Gasteiger partial charge is 0.166 e. The largest absolute Gasteiger partial charge is 0.454 e. The van der Waals surface area contributed by atoms with E-state index in [2.05, 4.69) is 35.1 Å².